The van der Waals surface area contributed by atoms with E-state index in [2.05, 4.69) is 4.74 Å². The number of aldehydes is 1. The van der Waals surface area contributed by atoms with Crippen LogP contribution >= 0.6 is 0 Å². The third-order valence-corrected chi connectivity index (χ3v) is 8.95. The van der Waals surface area contributed by atoms with Crippen molar-refractivity contribution in [3.8, 4) is 16.9 Å². The van der Waals surface area contributed by atoms with Crippen LogP contribution in [-0.4, -0.2) is 53.2 Å². The van der Waals surface area contributed by atoms with Gasteiger partial charge in [-0.1, -0.05) is 12.1 Å². The summed E-state index contributed by atoms with van der Waals surface area (Å²) in [6.45, 7) is -3.05. The van der Waals surface area contributed by atoms with Gasteiger partial charge in [-0.3, -0.25) is 4.31 Å². The monoisotopic (exact) mass is 614 g/mol. The van der Waals surface area contributed by atoms with Crippen molar-refractivity contribution >= 4 is 27.7 Å². The predicted octanol–water partition coefficient (Wildman–Crippen LogP) is 5.87. The van der Waals surface area contributed by atoms with Crippen LogP contribution in [0.4, 0.5) is 37.7 Å². The van der Waals surface area contributed by atoms with Gasteiger partial charge in [-0.2, -0.15) is 22.0 Å². The highest BCUT2D eigenvalue weighted by Crippen LogP contribution is 2.44. The van der Waals surface area contributed by atoms with Crippen LogP contribution in [0.2, 0.25) is 0 Å². The number of fused-ring (bicyclic) bond motifs is 3. The lowest BCUT2D eigenvalue weighted by Crippen LogP contribution is -2.55. The second kappa shape index (κ2) is 11.5. The van der Waals surface area contributed by atoms with Gasteiger partial charge >= 0.3 is 12.8 Å². The summed E-state index contributed by atoms with van der Waals surface area (Å²) >= 11 is 0. The van der Waals surface area contributed by atoms with Crippen LogP contribution in [0.3, 0.4) is 0 Å². The summed E-state index contributed by atoms with van der Waals surface area (Å²) in [5, 5.41) is 0. The fourth-order valence-electron chi connectivity index (χ4n) is 5.35. The van der Waals surface area contributed by atoms with Gasteiger partial charge in [0.05, 0.1) is 40.5 Å². The number of anilines is 2. The molecule has 0 aliphatic carbocycles. The van der Waals surface area contributed by atoms with Crippen LogP contribution in [0.25, 0.3) is 11.1 Å². The zero-order chi connectivity index (χ0) is 30.2. The summed E-state index contributed by atoms with van der Waals surface area (Å²) in [6, 6.07) is 10.6. The number of piperidine rings is 1. The number of carbonyl (C=O) groups excluding carboxylic acids is 1. The van der Waals surface area contributed by atoms with E-state index >= 15 is 0 Å². The van der Waals surface area contributed by atoms with Crippen molar-refractivity contribution in [3.63, 3.8) is 0 Å². The molecule has 1 saturated heterocycles. The molecule has 224 valence electrons. The third kappa shape index (κ3) is 6.04. The first kappa shape index (κ1) is 29.7. The van der Waals surface area contributed by atoms with E-state index in [9.17, 15) is 39.6 Å². The van der Waals surface area contributed by atoms with Crippen molar-refractivity contribution in [2.75, 3.05) is 28.9 Å². The topological polar surface area (TPSA) is 76.2 Å². The molecule has 0 spiro atoms. The maximum Gasteiger partial charge on any atom is 0.416 e. The molecule has 1 fully saturated rings. The van der Waals surface area contributed by atoms with Crippen LogP contribution in [0.1, 0.15) is 18.4 Å². The second-order valence-electron chi connectivity index (χ2n) is 9.81. The molecule has 2 aliphatic rings. The predicted molar refractivity (Wildman–Crippen MR) is 141 cm³/mol. The Bertz CT molecular complexity index is 1580. The minimum absolute atomic E-state index is 0.118. The molecule has 42 heavy (non-hydrogen) atoms. The minimum atomic E-state index is -4.78. The van der Waals surface area contributed by atoms with E-state index in [0.717, 1.165) is 34.6 Å². The highest BCUT2D eigenvalue weighted by atomic mass is 32.2. The summed E-state index contributed by atoms with van der Waals surface area (Å²) in [7, 11) is -4.56. The van der Waals surface area contributed by atoms with Crippen molar-refractivity contribution in [2.45, 2.75) is 42.7 Å². The Morgan fingerprint density at radius 2 is 1.79 bits per heavy atom. The number of nitrogens with zero attached hydrogens (tertiary/aromatic N) is 2. The molecule has 0 amide bonds. The molecule has 14 heteroatoms. The summed E-state index contributed by atoms with van der Waals surface area (Å²) in [6.07, 6.45) is -3.63. The Hall–Kier alpha value is -3.78. The van der Waals surface area contributed by atoms with E-state index in [1.807, 2.05) is 4.90 Å². The number of hydrogen-bond acceptors (Lipinski definition) is 6. The molecule has 2 aliphatic heterocycles. The average molecular weight is 615 g/mol. The van der Waals surface area contributed by atoms with Crippen molar-refractivity contribution in [1.29, 1.82) is 0 Å². The largest absolute Gasteiger partial charge is 0.435 e. The Labute approximate surface area is 237 Å². The molecule has 0 radical (unpaired) electrons. The summed E-state index contributed by atoms with van der Waals surface area (Å²) < 4.78 is 119. The highest BCUT2D eigenvalue weighted by Gasteiger charge is 2.41. The number of halogens is 6. The van der Waals surface area contributed by atoms with Gasteiger partial charge in [0.2, 0.25) is 0 Å². The standard InChI is InChI=1S/C28H24F6N2O5S/c29-20-10-18(11-23(14-20)41-27(30)31)17-4-5-25-26(12-17)36(16-21-15-22(40-9-8-37)6-7-35(21)25)42(38,39)24-3-1-2-19(13-24)28(32,33)34/h1-5,8,10-14,21-22,27H,6-7,9,15-16H2/t21-,22?/m0/s1. The van der Waals surface area contributed by atoms with E-state index in [0.29, 0.717) is 37.4 Å². The molecule has 5 rings (SSSR count). The first-order chi connectivity index (χ1) is 19.9. The molecular weight excluding hydrogens is 590 g/mol. The van der Waals surface area contributed by atoms with E-state index in [1.54, 1.807) is 12.1 Å². The van der Waals surface area contributed by atoms with E-state index in [-0.39, 0.29) is 36.1 Å². The number of benzene rings is 3. The number of rotatable bonds is 8. The summed E-state index contributed by atoms with van der Waals surface area (Å²) in [5.41, 5.74) is -0.177. The van der Waals surface area contributed by atoms with E-state index in [1.165, 1.54) is 12.1 Å². The zero-order valence-electron chi connectivity index (χ0n) is 21.7. The number of alkyl halides is 5. The van der Waals surface area contributed by atoms with Crippen LogP contribution in [-0.2, 0) is 25.7 Å². The quantitative estimate of drug-likeness (QED) is 0.233. The zero-order valence-corrected chi connectivity index (χ0v) is 22.5. The minimum Gasteiger partial charge on any atom is -0.435 e. The third-order valence-electron chi connectivity index (χ3n) is 7.18. The van der Waals surface area contributed by atoms with Gasteiger partial charge in [-0.15, -0.1) is 0 Å². The van der Waals surface area contributed by atoms with Crippen molar-refractivity contribution in [1.82, 2.24) is 0 Å². The van der Waals surface area contributed by atoms with Crippen molar-refractivity contribution in [2.24, 2.45) is 0 Å². The number of ether oxygens (including phenoxy) is 2. The van der Waals surface area contributed by atoms with Gasteiger partial charge in [0.1, 0.15) is 24.5 Å². The van der Waals surface area contributed by atoms with Crippen LogP contribution < -0.4 is 13.9 Å². The molecule has 3 aromatic rings. The molecule has 2 heterocycles. The van der Waals surface area contributed by atoms with Gasteiger partial charge < -0.3 is 19.2 Å². The maximum atomic E-state index is 14.3. The fourth-order valence-corrected chi connectivity index (χ4v) is 6.91. The number of carbonyl (C=O) groups is 1. The molecule has 2 atom stereocenters. The van der Waals surface area contributed by atoms with Crippen LogP contribution in [0, 0.1) is 5.82 Å². The lowest BCUT2D eigenvalue weighted by atomic mass is 9.94. The Morgan fingerprint density at radius 3 is 2.50 bits per heavy atom. The first-order valence-corrected chi connectivity index (χ1v) is 14.2. The molecule has 1 unspecified atom stereocenters. The molecule has 3 aromatic carbocycles. The average Bonchev–Trinajstić information content (AvgIpc) is 2.94. The van der Waals surface area contributed by atoms with Crippen LogP contribution in [0.5, 0.6) is 5.75 Å². The molecule has 0 bridgehead atoms. The van der Waals surface area contributed by atoms with E-state index in [4.69, 9.17) is 4.74 Å². The number of hydrogen-bond donors (Lipinski definition) is 0. The van der Waals surface area contributed by atoms with Gasteiger partial charge in [0.15, 0.2) is 0 Å². The molecule has 0 saturated carbocycles. The van der Waals surface area contributed by atoms with Gasteiger partial charge in [-0.25, -0.2) is 12.8 Å². The smallest absolute Gasteiger partial charge is 0.416 e. The highest BCUT2D eigenvalue weighted by molar-refractivity contribution is 7.92. The van der Waals surface area contributed by atoms with Gasteiger partial charge in [-0.05, 0) is 66.4 Å². The van der Waals surface area contributed by atoms with E-state index < -0.39 is 50.9 Å². The SMILES string of the molecule is O=CCOC1CCN2c3ccc(-c4cc(F)cc(OC(F)F)c4)cc3N(S(=O)(=O)c3cccc(C(F)(F)F)c3)C[C@@H]2C1. The normalized spacial score (nSPS) is 18.9. The molecule has 7 nitrogen and oxygen atoms in total. The first-order valence-electron chi connectivity index (χ1n) is 12.8. The lowest BCUT2D eigenvalue weighted by Gasteiger charge is -2.48. The van der Waals surface area contributed by atoms with Gasteiger partial charge in [0.25, 0.3) is 10.0 Å². The second-order valence-corrected chi connectivity index (χ2v) is 11.7. The maximum absolute atomic E-state index is 14.3. The number of sulfonamides is 1. The Balaban J connectivity index is 1.61. The molecule has 0 aromatic heterocycles. The van der Waals surface area contributed by atoms with Crippen LogP contribution in [0.15, 0.2) is 65.6 Å². The molecule has 0 N–H and O–H groups in total. The molecular formula is C28H24F6N2O5S. The van der Waals surface area contributed by atoms with Crippen molar-refractivity contribution < 1.29 is 49.0 Å². The fraction of sp³-hybridized carbons (Fsp3) is 0.321. The lowest BCUT2D eigenvalue weighted by molar-refractivity contribution is -0.137. The Kier molecular flexibility index (Phi) is 8.12. The van der Waals surface area contributed by atoms with Gasteiger partial charge in [0, 0.05) is 12.6 Å². The summed E-state index contributed by atoms with van der Waals surface area (Å²) in [4.78, 5) is 12.2. The summed E-state index contributed by atoms with van der Waals surface area (Å²) in [5.74, 6) is -1.31. The Morgan fingerprint density at radius 1 is 1.00 bits per heavy atom. The van der Waals surface area contributed by atoms with Crippen molar-refractivity contribution in [3.05, 3.63) is 72.0 Å².